The number of hydrogen-bond donors (Lipinski definition) is 2. The number of amides is 1. The average Bonchev–Trinajstić information content (AvgIpc) is 2.59. The van der Waals surface area contributed by atoms with Crippen molar-refractivity contribution in [3.05, 3.63) is 71.8 Å². The van der Waals surface area contributed by atoms with Gasteiger partial charge in [-0.15, -0.1) is 12.4 Å². The fourth-order valence-corrected chi connectivity index (χ4v) is 2.44. The van der Waals surface area contributed by atoms with Crippen molar-refractivity contribution in [2.45, 2.75) is 25.8 Å². The maximum atomic E-state index is 12.3. The Bertz CT molecular complexity index is 589. The second-order valence-corrected chi connectivity index (χ2v) is 5.78. The van der Waals surface area contributed by atoms with Crippen molar-refractivity contribution in [3.63, 3.8) is 0 Å². The molecule has 0 aliphatic heterocycles. The lowest BCUT2D eigenvalue weighted by Crippen LogP contribution is -2.37. The molecule has 0 fully saturated rings. The van der Waals surface area contributed by atoms with Crippen molar-refractivity contribution in [2.75, 3.05) is 6.54 Å². The van der Waals surface area contributed by atoms with E-state index in [0.29, 0.717) is 6.54 Å². The number of nitrogens with one attached hydrogen (secondary N) is 1. The Hall–Kier alpha value is -1.84. The van der Waals surface area contributed by atoms with Crippen LogP contribution < -0.4 is 11.1 Å². The summed E-state index contributed by atoms with van der Waals surface area (Å²) in [5.74, 6) is 0.0230. The molecule has 3 atom stereocenters. The molecule has 0 bridgehead atoms. The van der Waals surface area contributed by atoms with Crippen LogP contribution in [0.25, 0.3) is 0 Å². The van der Waals surface area contributed by atoms with Crippen LogP contribution in [0, 0.1) is 5.92 Å². The lowest BCUT2D eigenvalue weighted by Gasteiger charge is -2.21. The fraction of sp³-hybridized carbons (Fsp3) is 0.316. The van der Waals surface area contributed by atoms with E-state index in [0.717, 1.165) is 5.56 Å². The molecule has 4 heteroatoms. The van der Waals surface area contributed by atoms with Crippen LogP contribution in [-0.4, -0.2) is 12.5 Å². The van der Waals surface area contributed by atoms with Crippen LogP contribution in [0.15, 0.2) is 60.7 Å². The van der Waals surface area contributed by atoms with Gasteiger partial charge in [0.05, 0.1) is 5.92 Å². The van der Waals surface area contributed by atoms with E-state index < -0.39 is 0 Å². The summed E-state index contributed by atoms with van der Waals surface area (Å²) in [7, 11) is 0. The zero-order valence-electron chi connectivity index (χ0n) is 13.6. The van der Waals surface area contributed by atoms with E-state index in [4.69, 9.17) is 5.73 Å². The molecule has 3 N–H and O–H groups in total. The van der Waals surface area contributed by atoms with Gasteiger partial charge in [-0.2, -0.15) is 0 Å². The zero-order valence-corrected chi connectivity index (χ0v) is 14.4. The number of nitrogens with two attached hydrogens (primary N) is 1. The first-order valence-corrected chi connectivity index (χ1v) is 7.72. The van der Waals surface area contributed by atoms with Crippen LogP contribution >= 0.6 is 12.4 Å². The lowest BCUT2D eigenvalue weighted by atomic mass is 9.94. The average molecular weight is 333 g/mol. The molecule has 3 nitrogen and oxygen atoms in total. The highest BCUT2D eigenvalue weighted by molar-refractivity contribution is 5.85. The summed E-state index contributed by atoms with van der Waals surface area (Å²) in [6, 6.07) is 19.7. The molecule has 2 aromatic rings. The Labute approximate surface area is 144 Å². The molecule has 0 aliphatic rings. The van der Waals surface area contributed by atoms with E-state index in [1.807, 2.05) is 55.5 Å². The quantitative estimate of drug-likeness (QED) is 0.848. The predicted molar refractivity (Wildman–Crippen MR) is 97.6 cm³/mol. The Morgan fingerprint density at radius 1 is 0.957 bits per heavy atom. The summed E-state index contributed by atoms with van der Waals surface area (Å²) in [6.07, 6.45) is 0. The first-order chi connectivity index (χ1) is 10.6. The maximum Gasteiger partial charge on any atom is 0.224 e. The summed E-state index contributed by atoms with van der Waals surface area (Å²) in [5, 5.41) is 3.01. The van der Waals surface area contributed by atoms with Gasteiger partial charge in [-0.25, -0.2) is 0 Å². The molecular formula is C19H25ClN2O. The molecule has 0 saturated heterocycles. The molecule has 2 aromatic carbocycles. The van der Waals surface area contributed by atoms with Crippen molar-refractivity contribution in [3.8, 4) is 0 Å². The third kappa shape index (κ3) is 5.38. The monoisotopic (exact) mass is 332 g/mol. The third-order valence-corrected chi connectivity index (χ3v) is 4.09. The second-order valence-electron chi connectivity index (χ2n) is 5.78. The highest BCUT2D eigenvalue weighted by Crippen LogP contribution is 2.19. The molecule has 0 spiro atoms. The van der Waals surface area contributed by atoms with Crippen LogP contribution in [0.4, 0.5) is 0 Å². The summed E-state index contributed by atoms with van der Waals surface area (Å²) in [5.41, 5.74) is 8.41. The minimum atomic E-state index is -0.284. The standard InChI is InChI=1S/C19H24N2O.ClH/c1-14(16-9-5-3-6-10-16)13-21-19(22)15(2)18(20)17-11-7-4-8-12-17;/h3-12,14-15,18H,13,20H2,1-2H3,(H,21,22);1H. The molecule has 0 aliphatic carbocycles. The van der Waals surface area contributed by atoms with Crippen molar-refractivity contribution in [1.82, 2.24) is 5.32 Å². The minimum absolute atomic E-state index is 0. The van der Waals surface area contributed by atoms with Gasteiger partial charge in [0, 0.05) is 12.6 Å². The number of benzene rings is 2. The second kappa shape index (κ2) is 9.33. The number of hydrogen-bond acceptors (Lipinski definition) is 2. The SMILES string of the molecule is CC(CNC(=O)C(C)C(N)c1ccccc1)c1ccccc1.Cl. The Balaban J connectivity index is 0.00000264. The normalized spacial score (nSPS) is 14.2. The molecule has 23 heavy (non-hydrogen) atoms. The van der Waals surface area contributed by atoms with Crippen molar-refractivity contribution in [2.24, 2.45) is 11.7 Å². The van der Waals surface area contributed by atoms with Gasteiger partial charge in [0.2, 0.25) is 5.91 Å². The molecule has 2 rings (SSSR count). The van der Waals surface area contributed by atoms with E-state index in [1.165, 1.54) is 5.56 Å². The van der Waals surface area contributed by atoms with E-state index in [1.54, 1.807) is 0 Å². The van der Waals surface area contributed by atoms with Gasteiger partial charge in [-0.3, -0.25) is 4.79 Å². The Morgan fingerprint density at radius 3 is 1.96 bits per heavy atom. The molecule has 3 unspecified atom stereocenters. The number of carbonyl (C=O) groups is 1. The van der Waals surface area contributed by atoms with E-state index >= 15 is 0 Å². The van der Waals surface area contributed by atoms with Crippen LogP contribution in [0.3, 0.4) is 0 Å². The molecule has 0 aromatic heterocycles. The van der Waals surface area contributed by atoms with Gasteiger partial charge in [0.25, 0.3) is 0 Å². The van der Waals surface area contributed by atoms with Crippen molar-refractivity contribution in [1.29, 1.82) is 0 Å². The van der Waals surface area contributed by atoms with Gasteiger partial charge in [-0.05, 0) is 17.0 Å². The summed E-state index contributed by atoms with van der Waals surface area (Å²) >= 11 is 0. The largest absolute Gasteiger partial charge is 0.355 e. The topological polar surface area (TPSA) is 55.1 Å². The van der Waals surface area contributed by atoms with E-state index in [-0.39, 0.29) is 36.2 Å². The van der Waals surface area contributed by atoms with Gasteiger partial charge in [0.1, 0.15) is 0 Å². The smallest absolute Gasteiger partial charge is 0.224 e. The van der Waals surface area contributed by atoms with Gasteiger partial charge >= 0.3 is 0 Å². The number of halogens is 1. The first kappa shape index (κ1) is 19.2. The predicted octanol–water partition coefficient (Wildman–Crippen LogP) is 3.66. The van der Waals surface area contributed by atoms with Crippen molar-refractivity contribution < 1.29 is 4.79 Å². The van der Waals surface area contributed by atoms with Crippen LogP contribution in [-0.2, 0) is 4.79 Å². The minimum Gasteiger partial charge on any atom is -0.355 e. The Morgan fingerprint density at radius 2 is 1.43 bits per heavy atom. The number of rotatable bonds is 6. The maximum absolute atomic E-state index is 12.3. The molecule has 0 radical (unpaired) electrons. The summed E-state index contributed by atoms with van der Waals surface area (Å²) in [6.45, 7) is 4.60. The first-order valence-electron chi connectivity index (χ1n) is 7.72. The van der Waals surface area contributed by atoms with Crippen LogP contribution in [0.5, 0.6) is 0 Å². The fourth-order valence-electron chi connectivity index (χ4n) is 2.44. The lowest BCUT2D eigenvalue weighted by molar-refractivity contribution is -0.125. The summed E-state index contributed by atoms with van der Waals surface area (Å²) < 4.78 is 0. The van der Waals surface area contributed by atoms with Gasteiger partial charge in [0.15, 0.2) is 0 Å². The van der Waals surface area contributed by atoms with Crippen LogP contribution in [0.1, 0.15) is 36.9 Å². The highest BCUT2D eigenvalue weighted by Gasteiger charge is 2.22. The molecule has 0 heterocycles. The van der Waals surface area contributed by atoms with E-state index in [2.05, 4.69) is 24.4 Å². The molecule has 0 saturated carbocycles. The van der Waals surface area contributed by atoms with Gasteiger partial charge < -0.3 is 11.1 Å². The van der Waals surface area contributed by atoms with Crippen LogP contribution in [0.2, 0.25) is 0 Å². The third-order valence-electron chi connectivity index (χ3n) is 4.09. The zero-order chi connectivity index (χ0) is 15.9. The molecule has 1 amide bonds. The Kier molecular flexibility index (Phi) is 7.79. The van der Waals surface area contributed by atoms with E-state index in [9.17, 15) is 4.79 Å². The van der Waals surface area contributed by atoms with Gasteiger partial charge in [-0.1, -0.05) is 74.5 Å². The molecule has 124 valence electrons. The highest BCUT2D eigenvalue weighted by atomic mass is 35.5. The molecular weight excluding hydrogens is 308 g/mol. The van der Waals surface area contributed by atoms with Crippen molar-refractivity contribution >= 4 is 18.3 Å². The number of carbonyl (C=O) groups excluding carboxylic acids is 1. The summed E-state index contributed by atoms with van der Waals surface area (Å²) in [4.78, 5) is 12.3.